The minimum Gasteiger partial charge on any atom is -0.481 e. The van der Waals surface area contributed by atoms with Gasteiger partial charge in [-0.1, -0.05) is 13.8 Å². The van der Waals surface area contributed by atoms with Gasteiger partial charge in [0.1, 0.15) is 0 Å². The van der Waals surface area contributed by atoms with Gasteiger partial charge in [-0.3, -0.25) is 4.79 Å². The zero-order valence-electron chi connectivity index (χ0n) is 14.6. The standard InChI is InChI=1S/C20H30O3/c1-17(16(22)23)6-5-15(21)19(3)13(17)4-7-20-9-12-11(8-14(19)20)18(12,2)10-20/h11-15,21H,4-10H2,1-3H3,(H,22,23). The highest BCUT2D eigenvalue weighted by Gasteiger charge is 2.79. The summed E-state index contributed by atoms with van der Waals surface area (Å²) in [6.45, 7) is 6.70. The molecule has 3 nitrogen and oxygen atoms in total. The third-order valence-corrected chi connectivity index (χ3v) is 10.0. The van der Waals surface area contributed by atoms with E-state index in [1.165, 1.54) is 25.7 Å². The number of carboxylic acids is 1. The maximum absolute atomic E-state index is 12.1. The fraction of sp³-hybridized carbons (Fsp3) is 0.950. The summed E-state index contributed by atoms with van der Waals surface area (Å²) in [7, 11) is 0. The summed E-state index contributed by atoms with van der Waals surface area (Å²) >= 11 is 0. The fourth-order valence-corrected chi connectivity index (χ4v) is 8.78. The SMILES string of the molecule is CC1(C(=O)O)CCC(O)C2(C)C3CC4C5CC3(CCC12)CC45C. The second-order valence-electron chi connectivity index (χ2n) is 10.5. The van der Waals surface area contributed by atoms with Crippen molar-refractivity contribution in [3.63, 3.8) is 0 Å². The molecule has 0 heterocycles. The molecule has 9 atom stereocenters. The summed E-state index contributed by atoms with van der Waals surface area (Å²) in [5.41, 5.74) is 0.161. The molecule has 0 aromatic heterocycles. The third-order valence-electron chi connectivity index (χ3n) is 10.0. The molecule has 1 spiro atoms. The summed E-state index contributed by atoms with van der Waals surface area (Å²) in [6.07, 6.45) is 7.13. The van der Waals surface area contributed by atoms with E-state index in [-0.39, 0.29) is 17.4 Å². The second kappa shape index (κ2) is 3.81. The minimum atomic E-state index is -0.650. The molecule has 128 valence electrons. The molecule has 3 heteroatoms. The summed E-state index contributed by atoms with van der Waals surface area (Å²) in [4.78, 5) is 12.1. The van der Waals surface area contributed by atoms with Crippen LogP contribution in [0.3, 0.4) is 0 Å². The van der Waals surface area contributed by atoms with Crippen molar-refractivity contribution >= 4 is 5.97 Å². The Kier molecular flexibility index (Phi) is 2.45. The smallest absolute Gasteiger partial charge is 0.309 e. The average Bonchev–Trinajstić information content (AvgIpc) is 2.94. The van der Waals surface area contributed by atoms with Gasteiger partial charge in [0.15, 0.2) is 0 Å². The van der Waals surface area contributed by atoms with Crippen molar-refractivity contribution in [2.75, 3.05) is 0 Å². The molecular formula is C20H30O3. The van der Waals surface area contributed by atoms with Gasteiger partial charge in [0, 0.05) is 5.41 Å². The number of fused-ring (bicyclic) bond motifs is 1. The number of aliphatic carboxylic acids is 1. The van der Waals surface area contributed by atoms with E-state index in [4.69, 9.17) is 0 Å². The van der Waals surface area contributed by atoms with Crippen LogP contribution in [0.25, 0.3) is 0 Å². The lowest BCUT2D eigenvalue weighted by Gasteiger charge is -2.66. The highest BCUT2D eigenvalue weighted by molar-refractivity contribution is 5.75. The van der Waals surface area contributed by atoms with Crippen LogP contribution in [-0.4, -0.2) is 22.3 Å². The lowest BCUT2D eigenvalue weighted by molar-refractivity contribution is -0.219. The van der Waals surface area contributed by atoms with Gasteiger partial charge in [-0.05, 0) is 86.4 Å². The highest BCUT2D eigenvalue weighted by atomic mass is 16.4. The van der Waals surface area contributed by atoms with Crippen LogP contribution in [0.1, 0.15) is 65.7 Å². The van der Waals surface area contributed by atoms with Crippen LogP contribution >= 0.6 is 0 Å². The topological polar surface area (TPSA) is 57.5 Å². The molecule has 23 heavy (non-hydrogen) atoms. The maximum atomic E-state index is 12.1. The van der Waals surface area contributed by atoms with Gasteiger partial charge in [0.2, 0.25) is 0 Å². The van der Waals surface area contributed by atoms with Gasteiger partial charge >= 0.3 is 5.97 Å². The number of carboxylic acid groups (broad SMARTS) is 1. The Hall–Kier alpha value is -0.570. The number of rotatable bonds is 1. The first kappa shape index (κ1) is 14.7. The average molecular weight is 318 g/mol. The van der Waals surface area contributed by atoms with Crippen LogP contribution in [0.4, 0.5) is 0 Å². The molecule has 6 aliphatic rings. The Labute approximate surface area is 138 Å². The molecule has 0 saturated heterocycles. The Morgan fingerprint density at radius 1 is 1.04 bits per heavy atom. The van der Waals surface area contributed by atoms with E-state index in [1.54, 1.807) is 0 Å². The molecule has 0 aliphatic heterocycles. The number of hydrogen-bond acceptors (Lipinski definition) is 2. The van der Waals surface area contributed by atoms with Gasteiger partial charge in [-0.2, -0.15) is 0 Å². The van der Waals surface area contributed by atoms with E-state index in [1.807, 2.05) is 6.92 Å². The van der Waals surface area contributed by atoms with Crippen molar-refractivity contribution in [2.24, 2.45) is 45.3 Å². The normalized spacial score (nSPS) is 65.7. The lowest BCUT2D eigenvalue weighted by atomic mass is 9.39. The van der Waals surface area contributed by atoms with E-state index in [0.717, 1.165) is 18.3 Å². The lowest BCUT2D eigenvalue weighted by Crippen LogP contribution is -2.64. The van der Waals surface area contributed by atoms with Crippen LogP contribution in [0.5, 0.6) is 0 Å². The predicted molar refractivity (Wildman–Crippen MR) is 86.7 cm³/mol. The van der Waals surface area contributed by atoms with Crippen molar-refractivity contribution in [1.82, 2.24) is 0 Å². The van der Waals surface area contributed by atoms with Gasteiger partial charge in [-0.25, -0.2) is 0 Å². The molecule has 4 bridgehead atoms. The Bertz CT molecular complexity index is 602. The zero-order valence-corrected chi connectivity index (χ0v) is 14.6. The van der Waals surface area contributed by atoms with Crippen LogP contribution < -0.4 is 0 Å². The maximum Gasteiger partial charge on any atom is 0.309 e. The largest absolute Gasteiger partial charge is 0.481 e. The number of carbonyl (C=O) groups is 1. The zero-order chi connectivity index (χ0) is 16.4. The van der Waals surface area contributed by atoms with Crippen molar-refractivity contribution in [1.29, 1.82) is 0 Å². The predicted octanol–water partition coefficient (Wildman–Crippen LogP) is 3.70. The molecule has 0 aromatic rings. The molecule has 6 saturated carbocycles. The third kappa shape index (κ3) is 1.38. The number of aliphatic hydroxyl groups excluding tert-OH is 1. The first-order valence-corrected chi connectivity index (χ1v) is 9.60. The van der Waals surface area contributed by atoms with Crippen LogP contribution in [0.2, 0.25) is 0 Å². The van der Waals surface area contributed by atoms with Gasteiger partial charge < -0.3 is 10.2 Å². The highest BCUT2D eigenvalue weighted by Crippen LogP contribution is 2.85. The van der Waals surface area contributed by atoms with E-state index in [0.29, 0.717) is 29.6 Å². The quantitative estimate of drug-likeness (QED) is 0.775. The molecule has 2 N–H and O–H groups in total. The molecule has 0 radical (unpaired) electrons. The molecule has 6 fully saturated rings. The molecular weight excluding hydrogens is 288 g/mol. The van der Waals surface area contributed by atoms with Crippen molar-refractivity contribution in [3.05, 3.63) is 0 Å². The van der Waals surface area contributed by atoms with Crippen molar-refractivity contribution in [2.45, 2.75) is 71.8 Å². The van der Waals surface area contributed by atoms with Gasteiger partial charge in [0.05, 0.1) is 11.5 Å². The summed E-state index contributed by atoms with van der Waals surface area (Å²) in [5, 5.41) is 20.9. The Balaban J connectivity index is 1.59. The molecule has 6 rings (SSSR count). The van der Waals surface area contributed by atoms with Gasteiger partial charge in [0.25, 0.3) is 0 Å². The monoisotopic (exact) mass is 318 g/mol. The Morgan fingerprint density at radius 2 is 1.78 bits per heavy atom. The molecule has 6 aliphatic carbocycles. The number of hydrogen-bond donors (Lipinski definition) is 2. The molecule has 0 aromatic carbocycles. The molecule has 9 unspecified atom stereocenters. The number of aliphatic hydroxyl groups is 1. The van der Waals surface area contributed by atoms with E-state index in [2.05, 4.69) is 13.8 Å². The Morgan fingerprint density at radius 3 is 2.39 bits per heavy atom. The second-order valence-corrected chi connectivity index (χ2v) is 10.5. The van der Waals surface area contributed by atoms with Crippen molar-refractivity contribution < 1.29 is 15.0 Å². The summed E-state index contributed by atoms with van der Waals surface area (Å²) in [6, 6.07) is 0. The fourth-order valence-electron chi connectivity index (χ4n) is 8.78. The van der Waals surface area contributed by atoms with Crippen LogP contribution in [0.15, 0.2) is 0 Å². The first-order valence-electron chi connectivity index (χ1n) is 9.60. The van der Waals surface area contributed by atoms with E-state index in [9.17, 15) is 15.0 Å². The summed E-state index contributed by atoms with van der Waals surface area (Å²) < 4.78 is 0. The van der Waals surface area contributed by atoms with Crippen LogP contribution in [-0.2, 0) is 4.79 Å². The van der Waals surface area contributed by atoms with Gasteiger partial charge in [-0.15, -0.1) is 0 Å². The molecule has 0 amide bonds. The first-order chi connectivity index (χ1) is 10.7. The van der Waals surface area contributed by atoms with Crippen LogP contribution in [0, 0.1) is 45.3 Å². The van der Waals surface area contributed by atoms with E-state index >= 15 is 0 Å². The van der Waals surface area contributed by atoms with Crippen molar-refractivity contribution in [3.8, 4) is 0 Å². The summed E-state index contributed by atoms with van der Waals surface area (Å²) in [5.74, 6) is 1.82. The van der Waals surface area contributed by atoms with E-state index < -0.39 is 11.4 Å². The minimum absolute atomic E-state index is 0.133.